The molecule has 0 amide bonds. The largest absolute Gasteiger partial charge is 0.493 e. The van der Waals surface area contributed by atoms with Gasteiger partial charge in [0.2, 0.25) is 0 Å². The molecule has 3 heteroatoms. The number of aryl methyl sites for hydroxylation is 1. The lowest BCUT2D eigenvalue weighted by molar-refractivity contribution is 0.111. The summed E-state index contributed by atoms with van der Waals surface area (Å²) >= 11 is 0. The van der Waals surface area contributed by atoms with E-state index in [2.05, 4.69) is 0 Å². The van der Waals surface area contributed by atoms with Gasteiger partial charge in [-0.1, -0.05) is 36.4 Å². The third kappa shape index (κ3) is 4.28. The number of carbonyl (C=O) groups is 2. The van der Waals surface area contributed by atoms with Crippen molar-refractivity contribution >= 4 is 12.6 Å². The first-order valence-electron chi connectivity index (χ1n) is 7.05. The van der Waals surface area contributed by atoms with Gasteiger partial charge in [0.05, 0.1) is 12.2 Å². The quantitative estimate of drug-likeness (QED) is 0.547. The summed E-state index contributed by atoms with van der Waals surface area (Å²) in [5.74, 6) is 0.626. The van der Waals surface area contributed by atoms with Crippen LogP contribution in [-0.4, -0.2) is 19.2 Å². The van der Waals surface area contributed by atoms with Gasteiger partial charge in [-0.05, 0) is 37.0 Å². The molecule has 0 aliphatic rings. The number of hydrogen-bond acceptors (Lipinski definition) is 3. The Morgan fingerprint density at radius 1 is 0.810 bits per heavy atom. The lowest BCUT2D eigenvalue weighted by atomic mass is 10.0. The third-order valence-electron chi connectivity index (χ3n) is 3.33. The predicted octanol–water partition coefficient (Wildman–Crippen LogP) is 3.71. The molecule has 0 aliphatic carbocycles. The number of rotatable bonds is 8. The molecule has 0 unspecified atom stereocenters. The smallest absolute Gasteiger partial charge is 0.153 e. The van der Waals surface area contributed by atoms with Crippen molar-refractivity contribution in [2.45, 2.75) is 19.3 Å². The minimum Gasteiger partial charge on any atom is -0.493 e. The van der Waals surface area contributed by atoms with Crippen molar-refractivity contribution in [3.8, 4) is 5.75 Å². The molecule has 0 fully saturated rings. The van der Waals surface area contributed by atoms with Crippen LogP contribution in [0.4, 0.5) is 0 Å². The van der Waals surface area contributed by atoms with Crippen molar-refractivity contribution < 1.29 is 14.3 Å². The second-order valence-corrected chi connectivity index (χ2v) is 4.78. The summed E-state index contributed by atoms with van der Waals surface area (Å²) in [6.45, 7) is 0.564. The normalized spacial score (nSPS) is 10.1. The number of benzene rings is 2. The number of aldehydes is 2. The number of unbranched alkanes of at least 4 members (excludes halogenated alkanes) is 1. The van der Waals surface area contributed by atoms with Gasteiger partial charge in [0.15, 0.2) is 6.29 Å². The Hall–Kier alpha value is -2.42. The molecule has 21 heavy (non-hydrogen) atoms. The molecule has 2 aromatic carbocycles. The molecule has 0 spiro atoms. The Morgan fingerprint density at radius 2 is 1.48 bits per heavy atom. The Balaban J connectivity index is 1.77. The summed E-state index contributed by atoms with van der Waals surface area (Å²) in [6, 6.07) is 14.8. The summed E-state index contributed by atoms with van der Waals surface area (Å²) < 4.78 is 5.62. The highest BCUT2D eigenvalue weighted by atomic mass is 16.5. The van der Waals surface area contributed by atoms with Gasteiger partial charge in [-0.2, -0.15) is 0 Å². The van der Waals surface area contributed by atoms with E-state index >= 15 is 0 Å². The molecule has 0 saturated heterocycles. The van der Waals surface area contributed by atoms with E-state index in [-0.39, 0.29) is 0 Å². The minimum atomic E-state index is 0.564. The van der Waals surface area contributed by atoms with E-state index in [1.165, 1.54) is 0 Å². The molecule has 3 nitrogen and oxygen atoms in total. The van der Waals surface area contributed by atoms with Crippen LogP contribution in [0.2, 0.25) is 0 Å². The lowest BCUT2D eigenvalue weighted by Crippen LogP contribution is -2.01. The van der Waals surface area contributed by atoms with E-state index in [1.807, 2.05) is 36.4 Å². The van der Waals surface area contributed by atoms with Crippen LogP contribution in [0.25, 0.3) is 0 Å². The number of para-hydroxylation sites is 1. The van der Waals surface area contributed by atoms with Gasteiger partial charge >= 0.3 is 0 Å². The zero-order valence-corrected chi connectivity index (χ0v) is 11.8. The van der Waals surface area contributed by atoms with E-state index in [1.54, 1.807) is 12.1 Å². The fourth-order valence-corrected chi connectivity index (χ4v) is 2.19. The van der Waals surface area contributed by atoms with Gasteiger partial charge in [0.25, 0.3) is 0 Å². The van der Waals surface area contributed by atoms with Crippen LogP contribution in [0.15, 0.2) is 48.5 Å². The van der Waals surface area contributed by atoms with Crippen molar-refractivity contribution in [1.82, 2.24) is 0 Å². The van der Waals surface area contributed by atoms with Gasteiger partial charge in [0.1, 0.15) is 12.0 Å². The van der Waals surface area contributed by atoms with Gasteiger partial charge in [0, 0.05) is 5.56 Å². The van der Waals surface area contributed by atoms with Crippen LogP contribution >= 0.6 is 0 Å². The molecule has 0 aliphatic heterocycles. The first-order chi connectivity index (χ1) is 10.3. The minimum absolute atomic E-state index is 0.564. The third-order valence-corrected chi connectivity index (χ3v) is 3.33. The molecule has 0 saturated carbocycles. The van der Waals surface area contributed by atoms with Crippen LogP contribution in [0.1, 0.15) is 39.1 Å². The topological polar surface area (TPSA) is 43.4 Å². The molecule has 2 rings (SSSR count). The summed E-state index contributed by atoms with van der Waals surface area (Å²) in [5.41, 5.74) is 2.40. The monoisotopic (exact) mass is 282 g/mol. The van der Waals surface area contributed by atoms with E-state index in [0.717, 1.165) is 43.0 Å². The van der Waals surface area contributed by atoms with Crippen LogP contribution in [0.3, 0.4) is 0 Å². The van der Waals surface area contributed by atoms with Crippen molar-refractivity contribution in [3.63, 3.8) is 0 Å². The Bertz CT molecular complexity index is 551. The van der Waals surface area contributed by atoms with E-state index in [0.29, 0.717) is 17.9 Å². The zero-order chi connectivity index (χ0) is 14.9. The molecule has 0 aromatic heterocycles. The SMILES string of the molecule is O=Cc1ccccc1CCCCOc1ccccc1C=O. The van der Waals surface area contributed by atoms with Gasteiger partial charge in [-0.3, -0.25) is 9.59 Å². The molecule has 0 heterocycles. The van der Waals surface area contributed by atoms with E-state index in [4.69, 9.17) is 4.74 Å². The lowest BCUT2D eigenvalue weighted by Gasteiger charge is -2.08. The van der Waals surface area contributed by atoms with Crippen molar-refractivity contribution in [3.05, 3.63) is 65.2 Å². The van der Waals surface area contributed by atoms with Crippen molar-refractivity contribution in [2.75, 3.05) is 6.61 Å². The fourth-order valence-electron chi connectivity index (χ4n) is 2.19. The van der Waals surface area contributed by atoms with Gasteiger partial charge < -0.3 is 4.74 Å². The van der Waals surface area contributed by atoms with Crippen LogP contribution in [0, 0.1) is 0 Å². The average Bonchev–Trinajstić information content (AvgIpc) is 2.55. The summed E-state index contributed by atoms with van der Waals surface area (Å²) in [7, 11) is 0. The Labute approximate surface area is 124 Å². The molecule has 0 N–H and O–H groups in total. The molecule has 0 atom stereocenters. The summed E-state index contributed by atoms with van der Waals surface area (Å²) in [4.78, 5) is 21.8. The summed E-state index contributed by atoms with van der Waals surface area (Å²) in [5, 5.41) is 0. The zero-order valence-electron chi connectivity index (χ0n) is 11.8. The van der Waals surface area contributed by atoms with Gasteiger partial charge in [-0.25, -0.2) is 0 Å². The standard InChI is InChI=1S/C18H18O3/c19-13-16-9-2-1-7-15(16)8-5-6-12-21-18-11-4-3-10-17(18)14-20/h1-4,7,9-11,13-14H,5-6,8,12H2. The number of carbonyl (C=O) groups excluding carboxylic acids is 2. The molecule has 0 radical (unpaired) electrons. The highest BCUT2D eigenvalue weighted by Gasteiger charge is 2.02. The maximum absolute atomic E-state index is 10.9. The van der Waals surface area contributed by atoms with Gasteiger partial charge in [-0.15, -0.1) is 0 Å². The summed E-state index contributed by atoms with van der Waals surface area (Å²) in [6.07, 6.45) is 4.36. The molecular weight excluding hydrogens is 264 g/mol. The van der Waals surface area contributed by atoms with Crippen LogP contribution in [0.5, 0.6) is 5.75 Å². The second-order valence-electron chi connectivity index (χ2n) is 4.78. The molecule has 0 bridgehead atoms. The molecule has 108 valence electrons. The maximum atomic E-state index is 10.9. The highest BCUT2D eigenvalue weighted by molar-refractivity contribution is 5.79. The Kier molecular flexibility index (Phi) is 5.71. The van der Waals surface area contributed by atoms with E-state index in [9.17, 15) is 9.59 Å². The Morgan fingerprint density at radius 3 is 2.24 bits per heavy atom. The predicted molar refractivity (Wildman–Crippen MR) is 82.1 cm³/mol. The van der Waals surface area contributed by atoms with E-state index < -0.39 is 0 Å². The fraction of sp³-hybridized carbons (Fsp3) is 0.222. The first-order valence-corrected chi connectivity index (χ1v) is 7.05. The number of ether oxygens (including phenoxy) is 1. The van der Waals surface area contributed by atoms with Crippen LogP contribution < -0.4 is 4.74 Å². The van der Waals surface area contributed by atoms with Crippen molar-refractivity contribution in [2.24, 2.45) is 0 Å². The molecule has 2 aromatic rings. The first kappa shape index (κ1) is 15.0. The number of hydrogen-bond donors (Lipinski definition) is 0. The maximum Gasteiger partial charge on any atom is 0.153 e. The average molecular weight is 282 g/mol. The second kappa shape index (κ2) is 8.00. The molecular formula is C18H18O3. The van der Waals surface area contributed by atoms with Crippen molar-refractivity contribution in [1.29, 1.82) is 0 Å². The highest BCUT2D eigenvalue weighted by Crippen LogP contribution is 2.16. The van der Waals surface area contributed by atoms with Crippen LogP contribution in [-0.2, 0) is 6.42 Å².